The lowest BCUT2D eigenvalue weighted by Gasteiger charge is -2.19. The van der Waals surface area contributed by atoms with Crippen molar-refractivity contribution in [3.05, 3.63) is 59.3 Å². The number of rotatable bonds is 3. The number of fused-ring (bicyclic) bond motifs is 2. The summed E-state index contributed by atoms with van der Waals surface area (Å²) >= 11 is 0. The fourth-order valence-electron chi connectivity index (χ4n) is 3.24. The minimum Gasteiger partial charge on any atom is -0.497 e. The molecule has 0 atom stereocenters. The number of carbonyl (C=O) groups excluding carboxylic acids is 1. The van der Waals surface area contributed by atoms with Crippen molar-refractivity contribution in [2.75, 3.05) is 20.3 Å². The van der Waals surface area contributed by atoms with E-state index in [2.05, 4.69) is 4.98 Å². The topological polar surface area (TPSA) is 74.8 Å². The molecular formula is C20H20N2O4. The van der Waals surface area contributed by atoms with E-state index in [1.807, 2.05) is 42.5 Å². The Kier molecular flexibility index (Phi) is 4.26. The molecular weight excluding hydrogens is 332 g/mol. The summed E-state index contributed by atoms with van der Waals surface area (Å²) in [6.45, 7) is 1.34. The van der Waals surface area contributed by atoms with Gasteiger partial charge in [-0.15, -0.1) is 0 Å². The van der Waals surface area contributed by atoms with Crippen LogP contribution in [0.4, 0.5) is 0 Å². The molecule has 26 heavy (non-hydrogen) atoms. The van der Waals surface area contributed by atoms with Crippen molar-refractivity contribution in [2.45, 2.75) is 13.2 Å². The summed E-state index contributed by atoms with van der Waals surface area (Å²) in [5, 5.41) is 10.3. The number of amides is 1. The van der Waals surface area contributed by atoms with Gasteiger partial charge < -0.3 is 24.5 Å². The number of aromatic nitrogens is 1. The van der Waals surface area contributed by atoms with Crippen LogP contribution in [0.2, 0.25) is 0 Å². The van der Waals surface area contributed by atoms with Crippen LogP contribution in [0.5, 0.6) is 11.5 Å². The summed E-state index contributed by atoms with van der Waals surface area (Å²) in [4.78, 5) is 17.9. The van der Waals surface area contributed by atoms with E-state index < -0.39 is 0 Å². The number of nitrogens with zero attached hydrogens (tertiary/aromatic N) is 1. The molecule has 4 rings (SSSR count). The number of methoxy groups -OCH3 is 1. The Hall–Kier alpha value is -2.99. The molecule has 0 spiro atoms. The maximum absolute atomic E-state index is 13.0. The van der Waals surface area contributed by atoms with Crippen molar-refractivity contribution in [3.63, 3.8) is 0 Å². The summed E-state index contributed by atoms with van der Waals surface area (Å²) < 4.78 is 11.0. The second-order valence-corrected chi connectivity index (χ2v) is 6.31. The lowest BCUT2D eigenvalue weighted by molar-refractivity contribution is 0.0728. The monoisotopic (exact) mass is 352 g/mol. The van der Waals surface area contributed by atoms with Gasteiger partial charge in [0, 0.05) is 23.0 Å². The molecule has 6 heteroatoms. The molecule has 3 aromatic rings. The molecule has 0 saturated heterocycles. The zero-order chi connectivity index (χ0) is 18.1. The number of hydrogen-bond donors (Lipinski definition) is 2. The van der Waals surface area contributed by atoms with E-state index in [4.69, 9.17) is 9.47 Å². The minimum atomic E-state index is -0.0778. The molecule has 1 aliphatic rings. The lowest BCUT2D eigenvalue weighted by Crippen LogP contribution is -2.32. The molecule has 134 valence electrons. The van der Waals surface area contributed by atoms with Gasteiger partial charge in [-0.1, -0.05) is 6.07 Å². The fraction of sp³-hybridized carbons (Fsp3) is 0.250. The molecule has 2 aromatic carbocycles. The standard InChI is InChI=1S/C20H20N2O4/c1-25-16-3-4-17-14(9-16)10-18(21-17)20(24)22-6-7-26-19-5-2-13(12-23)8-15(19)11-22/h2-5,8-10,21,23H,6-7,11-12H2,1H3. The van der Waals surface area contributed by atoms with Crippen molar-refractivity contribution in [1.29, 1.82) is 0 Å². The third kappa shape index (κ3) is 2.99. The Morgan fingerprint density at radius 2 is 2.15 bits per heavy atom. The number of aliphatic hydroxyl groups excluding tert-OH is 1. The zero-order valence-corrected chi connectivity index (χ0v) is 14.5. The Labute approximate surface area is 151 Å². The van der Waals surface area contributed by atoms with Gasteiger partial charge >= 0.3 is 0 Å². The number of carbonyl (C=O) groups is 1. The van der Waals surface area contributed by atoms with Crippen LogP contribution >= 0.6 is 0 Å². The third-order valence-electron chi connectivity index (χ3n) is 4.63. The van der Waals surface area contributed by atoms with Crippen molar-refractivity contribution >= 4 is 16.8 Å². The molecule has 0 fully saturated rings. The number of nitrogens with one attached hydrogen (secondary N) is 1. The van der Waals surface area contributed by atoms with Crippen molar-refractivity contribution in [3.8, 4) is 11.5 Å². The first-order valence-electron chi connectivity index (χ1n) is 8.49. The average Bonchev–Trinajstić information content (AvgIpc) is 2.98. The summed E-state index contributed by atoms with van der Waals surface area (Å²) in [5.41, 5.74) is 3.14. The van der Waals surface area contributed by atoms with Crippen molar-refractivity contribution < 1.29 is 19.4 Å². The number of H-pyrrole nitrogens is 1. The zero-order valence-electron chi connectivity index (χ0n) is 14.5. The number of aromatic amines is 1. The normalized spacial score (nSPS) is 13.8. The second-order valence-electron chi connectivity index (χ2n) is 6.31. The van der Waals surface area contributed by atoms with E-state index in [1.165, 1.54) is 0 Å². The van der Waals surface area contributed by atoms with E-state index in [0.717, 1.165) is 33.5 Å². The van der Waals surface area contributed by atoms with E-state index in [1.54, 1.807) is 12.0 Å². The maximum Gasteiger partial charge on any atom is 0.270 e. The van der Waals surface area contributed by atoms with E-state index in [-0.39, 0.29) is 12.5 Å². The summed E-state index contributed by atoms with van der Waals surface area (Å²) in [5.74, 6) is 1.44. The van der Waals surface area contributed by atoms with Gasteiger partial charge in [-0.25, -0.2) is 0 Å². The van der Waals surface area contributed by atoms with Gasteiger partial charge in [-0.05, 0) is 42.0 Å². The molecule has 0 aliphatic carbocycles. The molecule has 0 saturated carbocycles. The van der Waals surface area contributed by atoms with Gasteiger partial charge in [0.2, 0.25) is 0 Å². The van der Waals surface area contributed by atoms with E-state index in [0.29, 0.717) is 25.4 Å². The largest absolute Gasteiger partial charge is 0.497 e. The number of hydrogen-bond acceptors (Lipinski definition) is 4. The Morgan fingerprint density at radius 1 is 1.27 bits per heavy atom. The molecule has 2 heterocycles. The van der Waals surface area contributed by atoms with E-state index >= 15 is 0 Å². The molecule has 1 aliphatic heterocycles. The van der Waals surface area contributed by atoms with Crippen LogP contribution in [0, 0.1) is 0 Å². The highest BCUT2D eigenvalue weighted by atomic mass is 16.5. The highest BCUT2D eigenvalue weighted by Crippen LogP contribution is 2.26. The predicted octanol–water partition coefficient (Wildman–Crippen LogP) is 2.70. The van der Waals surface area contributed by atoms with Gasteiger partial charge in [0.1, 0.15) is 23.8 Å². The molecule has 0 unspecified atom stereocenters. The lowest BCUT2D eigenvalue weighted by atomic mass is 10.1. The number of aliphatic hydroxyl groups is 1. The Bertz CT molecular complexity index is 964. The number of ether oxygens (including phenoxy) is 2. The van der Waals surface area contributed by atoms with Crippen LogP contribution in [0.3, 0.4) is 0 Å². The molecule has 2 N–H and O–H groups in total. The van der Waals surface area contributed by atoms with Crippen LogP contribution in [-0.2, 0) is 13.2 Å². The average molecular weight is 352 g/mol. The van der Waals surface area contributed by atoms with Crippen LogP contribution in [0.15, 0.2) is 42.5 Å². The van der Waals surface area contributed by atoms with Crippen LogP contribution in [0.1, 0.15) is 21.6 Å². The van der Waals surface area contributed by atoms with Gasteiger partial charge in [0.15, 0.2) is 0 Å². The molecule has 1 amide bonds. The maximum atomic E-state index is 13.0. The first kappa shape index (κ1) is 16.5. The summed E-state index contributed by atoms with van der Waals surface area (Å²) in [7, 11) is 1.62. The third-order valence-corrected chi connectivity index (χ3v) is 4.63. The Balaban J connectivity index is 1.63. The SMILES string of the molecule is COc1ccc2[nH]c(C(=O)N3CCOc4ccc(CO)cc4C3)cc2c1. The van der Waals surface area contributed by atoms with Crippen LogP contribution in [-0.4, -0.2) is 41.2 Å². The van der Waals surface area contributed by atoms with Gasteiger partial charge in [0.05, 0.1) is 20.3 Å². The predicted molar refractivity (Wildman–Crippen MR) is 97.5 cm³/mol. The van der Waals surface area contributed by atoms with Crippen molar-refractivity contribution in [2.24, 2.45) is 0 Å². The van der Waals surface area contributed by atoms with Crippen molar-refractivity contribution in [1.82, 2.24) is 9.88 Å². The van der Waals surface area contributed by atoms with Crippen LogP contribution in [0.25, 0.3) is 10.9 Å². The molecule has 0 radical (unpaired) electrons. The molecule has 1 aromatic heterocycles. The molecule has 0 bridgehead atoms. The summed E-state index contributed by atoms with van der Waals surface area (Å²) in [6, 6.07) is 13.1. The second kappa shape index (κ2) is 6.72. The first-order chi connectivity index (χ1) is 12.7. The number of benzene rings is 2. The smallest absolute Gasteiger partial charge is 0.270 e. The van der Waals surface area contributed by atoms with E-state index in [9.17, 15) is 9.90 Å². The minimum absolute atomic E-state index is 0.0366. The quantitative estimate of drug-likeness (QED) is 0.760. The van der Waals surface area contributed by atoms with Gasteiger partial charge in [-0.3, -0.25) is 4.79 Å². The van der Waals surface area contributed by atoms with Crippen LogP contribution < -0.4 is 9.47 Å². The van der Waals surface area contributed by atoms with Gasteiger partial charge in [0.25, 0.3) is 5.91 Å². The molecule has 6 nitrogen and oxygen atoms in total. The van der Waals surface area contributed by atoms with Gasteiger partial charge in [-0.2, -0.15) is 0 Å². The highest BCUT2D eigenvalue weighted by molar-refractivity contribution is 5.98. The fourth-order valence-corrected chi connectivity index (χ4v) is 3.24. The summed E-state index contributed by atoms with van der Waals surface area (Å²) in [6.07, 6.45) is 0. The first-order valence-corrected chi connectivity index (χ1v) is 8.49. The highest BCUT2D eigenvalue weighted by Gasteiger charge is 2.22. The Morgan fingerprint density at radius 3 is 2.96 bits per heavy atom.